The number of nitrogens with two attached hydrogens (primary N) is 1. The van der Waals surface area contributed by atoms with Crippen LogP contribution in [0.4, 0.5) is 0 Å². The summed E-state index contributed by atoms with van der Waals surface area (Å²) in [7, 11) is 0. The highest BCUT2D eigenvalue weighted by Crippen LogP contribution is 2.06. The number of aliphatic hydroxyl groups is 1. The molecule has 0 unspecified atom stereocenters. The SMILES string of the molecule is Cl.Cl.NCCCCc1nc[nH]c1CO. The maximum atomic E-state index is 8.87. The number of aryl methyl sites for hydroxylation is 1. The van der Waals surface area contributed by atoms with Gasteiger partial charge in [0.2, 0.25) is 0 Å². The van der Waals surface area contributed by atoms with E-state index in [1.165, 1.54) is 0 Å². The molecule has 0 spiro atoms. The standard InChI is InChI=1S/C8H15N3O.2ClH/c9-4-2-1-3-7-8(5-12)11-6-10-7;;/h6,12H,1-5,9H2,(H,10,11);2*1H. The van der Waals surface area contributed by atoms with Gasteiger partial charge in [-0.25, -0.2) is 4.98 Å². The molecule has 0 aromatic carbocycles. The third-order valence-electron chi connectivity index (χ3n) is 1.83. The largest absolute Gasteiger partial charge is 0.390 e. The van der Waals surface area contributed by atoms with E-state index in [1.807, 2.05) is 0 Å². The molecule has 0 aliphatic heterocycles. The van der Waals surface area contributed by atoms with E-state index in [0.717, 1.165) is 37.2 Å². The monoisotopic (exact) mass is 241 g/mol. The van der Waals surface area contributed by atoms with E-state index < -0.39 is 0 Å². The third-order valence-corrected chi connectivity index (χ3v) is 1.83. The van der Waals surface area contributed by atoms with Gasteiger partial charge in [0, 0.05) is 0 Å². The number of aromatic amines is 1. The first-order chi connectivity index (χ1) is 5.88. The van der Waals surface area contributed by atoms with E-state index in [1.54, 1.807) is 6.33 Å². The fourth-order valence-electron chi connectivity index (χ4n) is 1.14. The Morgan fingerprint density at radius 3 is 2.64 bits per heavy atom. The van der Waals surface area contributed by atoms with Crippen LogP contribution in [0.2, 0.25) is 0 Å². The van der Waals surface area contributed by atoms with Crippen LogP contribution < -0.4 is 5.73 Å². The van der Waals surface area contributed by atoms with Crippen LogP contribution in [0.15, 0.2) is 6.33 Å². The van der Waals surface area contributed by atoms with E-state index >= 15 is 0 Å². The number of unbranched alkanes of at least 4 members (excludes halogenated alkanes) is 1. The van der Waals surface area contributed by atoms with Gasteiger partial charge in [0.15, 0.2) is 0 Å². The second kappa shape index (κ2) is 9.27. The minimum Gasteiger partial charge on any atom is -0.390 e. The smallest absolute Gasteiger partial charge is 0.0925 e. The molecule has 0 fully saturated rings. The molecular weight excluding hydrogens is 225 g/mol. The maximum Gasteiger partial charge on any atom is 0.0925 e. The van der Waals surface area contributed by atoms with Crippen LogP contribution in [-0.2, 0) is 13.0 Å². The number of imidazole rings is 1. The van der Waals surface area contributed by atoms with Crippen molar-refractivity contribution in [2.45, 2.75) is 25.9 Å². The highest BCUT2D eigenvalue weighted by atomic mass is 35.5. The molecule has 1 heterocycles. The molecule has 1 aromatic rings. The Bertz CT molecular complexity index is 230. The van der Waals surface area contributed by atoms with Crippen LogP contribution in [0.1, 0.15) is 24.2 Å². The quantitative estimate of drug-likeness (QED) is 0.675. The van der Waals surface area contributed by atoms with Crippen molar-refractivity contribution in [3.63, 3.8) is 0 Å². The summed E-state index contributed by atoms with van der Waals surface area (Å²) in [6.45, 7) is 0.761. The van der Waals surface area contributed by atoms with E-state index in [-0.39, 0.29) is 31.4 Å². The Morgan fingerprint density at radius 1 is 1.36 bits per heavy atom. The fourth-order valence-corrected chi connectivity index (χ4v) is 1.14. The summed E-state index contributed by atoms with van der Waals surface area (Å²) in [6.07, 6.45) is 4.56. The first kappa shape index (κ1) is 16.2. The number of hydrogen-bond donors (Lipinski definition) is 3. The number of H-pyrrole nitrogens is 1. The summed E-state index contributed by atoms with van der Waals surface area (Å²) in [6, 6.07) is 0. The molecule has 0 bridgehead atoms. The summed E-state index contributed by atoms with van der Waals surface area (Å²) in [5.41, 5.74) is 7.15. The lowest BCUT2D eigenvalue weighted by atomic mass is 10.1. The van der Waals surface area contributed by atoms with Gasteiger partial charge in [-0.1, -0.05) is 0 Å². The van der Waals surface area contributed by atoms with Crippen molar-refractivity contribution in [3.05, 3.63) is 17.7 Å². The van der Waals surface area contributed by atoms with E-state index in [2.05, 4.69) is 9.97 Å². The lowest BCUT2D eigenvalue weighted by molar-refractivity contribution is 0.276. The number of aliphatic hydroxyl groups excluding tert-OH is 1. The van der Waals surface area contributed by atoms with Crippen molar-refractivity contribution in [1.29, 1.82) is 0 Å². The molecule has 6 heteroatoms. The molecule has 0 saturated carbocycles. The molecule has 0 aliphatic rings. The Hall–Kier alpha value is -0.290. The molecule has 0 radical (unpaired) electrons. The lowest BCUT2D eigenvalue weighted by Crippen LogP contribution is -2.00. The fraction of sp³-hybridized carbons (Fsp3) is 0.625. The predicted octanol–water partition coefficient (Wildman–Crippen LogP) is 1.03. The highest BCUT2D eigenvalue weighted by molar-refractivity contribution is 5.85. The zero-order chi connectivity index (χ0) is 8.81. The van der Waals surface area contributed by atoms with Crippen LogP contribution in [0.3, 0.4) is 0 Å². The van der Waals surface area contributed by atoms with E-state index in [0.29, 0.717) is 0 Å². The number of aromatic nitrogens is 2. The van der Waals surface area contributed by atoms with E-state index in [4.69, 9.17) is 10.8 Å². The van der Waals surface area contributed by atoms with Crippen LogP contribution in [-0.4, -0.2) is 21.6 Å². The van der Waals surface area contributed by atoms with Gasteiger partial charge in [0.1, 0.15) is 0 Å². The number of nitrogens with one attached hydrogen (secondary N) is 1. The summed E-state index contributed by atoms with van der Waals surface area (Å²) in [5.74, 6) is 0. The Balaban J connectivity index is 0. The normalized spacial score (nSPS) is 9.00. The van der Waals surface area contributed by atoms with Gasteiger partial charge in [-0.15, -0.1) is 24.8 Å². The molecule has 0 atom stereocenters. The van der Waals surface area contributed by atoms with Crippen LogP contribution in [0.25, 0.3) is 0 Å². The highest BCUT2D eigenvalue weighted by Gasteiger charge is 2.02. The third kappa shape index (κ3) is 4.81. The van der Waals surface area contributed by atoms with Crippen LogP contribution in [0.5, 0.6) is 0 Å². The Labute approximate surface area is 96.1 Å². The molecule has 4 N–H and O–H groups in total. The average molecular weight is 242 g/mol. The van der Waals surface area contributed by atoms with Gasteiger partial charge in [-0.2, -0.15) is 0 Å². The van der Waals surface area contributed by atoms with Gasteiger partial charge in [0.25, 0.3) is 0 Å². The van der Waals surface area contributed by atoms with Gasteiger partial charge < -0.3 is 15.8 Å². The summed E-state index contributed by atoms with van der Waals surface area (Å²) < 4.78 is 0. The van der Waals surface area contributed by atoms with Gasteiger partial charge in [-0.3, -0.25) is 0 Å². The minimum absolute atomic E-state index is 0. The van der Waals surface area contributed by atoms with Crippen molar-refractivity contribution < 1.29 is 5.11 Å². The number of nitrogens with zero attached hydrogens (tertiary/aromatic N) is 1. The zero-order valence-electron chi connectivity index (χ0n) is 7.90. The minimum atomic E-state index is 0. The zero-order valence-corrected chi connectivity index (χ0v) is 9.53. The summed E-state index contributed by atoms with van der Waals surface area (Å²) >= 11 is 0. The van der Waals surface area contributed by atoms with Crippen LogP contribution in [0, 0.1) is 0 Å². The molecule has 1 rings (SSSR count). The summed E-state index contributed by atoms with van der Waals surface area (Å²) in [5, 5.41) is 8.87. The van der Waals surface area contributed by atoms with Crippen molar-refractivity contribution in [3.8, 4) is 0 Å². The van der Waals surface area contributed by atoms with Crippen LogP contribution >= 0.6 is 24.8 Å². The second-order valence-electron chi connectivity index (χ2n) is 2.73. The molecule has 14 heavy (non-hydrogen) atoms. The molecule has 0 saturated heterocycles. The van der Waals surface area contributed by atoms with Gasteiger partial charge in [0.05, 0.1) is 24.3 Å². The molecular formula is C8H17Cl2N3O. The number of hydrogen-bond acceptors (Lipinski definition) is 3. The molecule has 0 aliphatic carbocycles. The first-order valence-corrected chi connectivity index (χ1v) is 4.20. The number of halogens is 2. The molecule has 1 aromatic heterocycles. The second-order valence-corrected chi connectivity index (χ2v) is 2.73. The topological polar surface area (TPSA) is 74.9 Å². The Kier molecular flexibility index (Phi) is 10.7. The first-order valence-electron chi connectivity index (χ1n) is 4.20. The summed E-state index contributed by atoms with van der Waals surface area (Å²) in [4.78, 5) is 6.99. The van der Waals surface area contributed by atoms with Crippen molar-refractivity contribution >= 4 is 24.8 Å². The Morgan fingerprint density at radius 2 is 2.07 bits per heavy atom. The number of rotatable bonds is 5. The maximum absolute atomic E-state index is 8.87. The molecule has 4 nitrogen and oxygen atoms in total. The van der Waals surface area contributed by atoms with Crippen molar-refractivity contribution in [1.82, 2.24) is 9.97 Å². The van der Waals surface area contributed by atoms with E-state index in [9.17, 15) is 0 Å². The van der Waals surface area contributed by atoms with Crippen molar-refractivity contribution in [2.75, 3.05) is 6.54 Å². The van der Waals surface area contributed by atoms with Gasteiger partial charge >= 0.3 is 0 Å². The average Bonchev–Trinajstić information content (AvgIpc) is 2.52. The van der Waals surface area contributed by atoms with Crippen molar-refractivity contribution in [2.24, 2.45) is 5.73 Å². The van der Waals surface area contributed by atoms with Gasteiger partial charge in [-0.05, 0) is 25.8 Å². The lowest BCUT2D eigenvalue weighted by Gasteiger charge is -1.98. The molecule has 0 amide bonds. The predicted molar refractivity (Wildman–Crippen MR) is 61.0 cm³/mol. The molecule has 84 valence electrons.